The number of aromatic nitrogens is 1. The van der Waals surface area contributed by atoms with Gasteiger partial charge in [-0.2, -0.15) is 0 Å². The standard InChI is InChI=1S/C12H20N2O4/c1-9(16)13-11-7-10(14(4)18-11)12(2,3)8-17-6-5-15/h7,15H,5-6,8H2,1-4H3/p+1. The monoisotopic (exact) mass is 257 g/mol. The van der Waals surface area contributed by atoms with Gasteiger partial charge in [-0.3, -0.25) is 10.1 Å². The van der Waals surface area contributed by atoms with Crippen LogP contribution in [0, 0.1) is 0 Å². The van der Waals surface area contributed by atoms with E-state index in [0.29, 0.717) is 19.1 Å². The average molecular weight is 257 g/mol. The van der Waals surface area contributed by atoms with Crippen molar-refractivity contribution in [3.8, 4) is 0 Å². The van der Waals surface area contributed by atoms with E-state index < -0.39 is 0 Å². The van der Waals surface area contributed by atoms with E-state index in [2.05, 4.69) is 5.32 Å². The zero-order valence-corrected chi connectivity index (χ0v) is 11.3. The lowest BCUT2D eigenvalue weighted by atomic mass is 9.90. The van der Waals surface area contributed by atoms with E-state index in [1.807, 2.05) is 13.8 Å². The van der Waals surface area contributed by atoms with Crippen LogP contribution in [0.15, 0.2) is 10.6 Å². The number of aliphatic hydroxyl groups is 1. The molecule has 1 aromatic rings. The smallest absolute Gasteiger partial charge is 0.282 e. The molecule has 1 amide bonds. The molecule has 0 aromatic carbocycles. The fourth-order valence-electron chi connectivity index (χ4n) is 1.76. The molecule has 6 heteroatoms. The summed E-state index contributed by atoms with van der Waals surface area (Å²) in [7, 11) is 1.77. The number of hydrogen-bond acceptors (Lipinski definition) is 4. The Kier molecular flexibility index (Phi) is 4.86. The summed E-state index contributed by atoms with van der Waals surface area (Å²) >= 11 is 0. The molecular weight excluding hydrogens is 236 g/mol. The minimum atomic E-state index is -0.274. The number of aliphatic hydroxyl groups excluding tert-OH is 1. The SMILES string of the molecule is CC(=O)Nc1cc(C(C)(C)COCCO)[n+](C)o1. The number of amides is 1. The molecule has 0 saturated heterocycles. The van der Waals surface area contributed by atoms with Crippen LogP contribution < -0.4 is 10.1 Å². The van der Waals surface area contributed by atoms with E-state index in [-0.39, 0.29) is 17.9 Å². The zero-order chi connectivity index (χ0) is 13.8. The van der Waals surface area contributed by atoms with Crippen molar-refractivity contribution in [1.82, 2.24) is 0 Å². The van der Waals surface area contributed by atoms with Crippen LogP contribution in [-0.2, 0) is 22.0 Å². The molecule has 0 aliphatic rings. The van der Waals surface area contributed by atoms with E-state index in [0.717, 1.165) is 5.69 Å². The van der Waals surface area contributed by atoms with E-state index in [4.69, 9.17) is 14.4 Å². The minimum Gasteiger partial charge on any atom is -0.394 e. The first kappa shape index (κ1) is 14.7. The summed E-state index contributed by atoms with van der Waals surface area (Å²) in [6.07, 6.45) is 0. The van der Waals surface area contributed by atoms with Gasteiger partial charge in [0.25, 0.3) is 5.88 Å². The van der Waals surface area contributed by atoms with Gasteiger partial charge in [-0.1, -0.05) is 0 Å². The molecule has 2 N–H and O–H groups in total. The number of rotatable bonds is 6. The van der Waals surface area contributed by atoms with Crippen LogP contribution >= 0.6 is 0 Å². The summed E-state index contributed by atoms with van der Waals surface area (Å²) in [5.41, 5.74) is 0.633. The van der Waals surface area contributed by atoms with Crippen LogP contribution in [0.5, 0.6) is 0 Å². The molecule has 0 atom stereocenters. The Morgan fingerprint density at radius 1 is 1.61 bits per heavy atom. The largest absolute Gasteiger partial charge is 0.394 e. The van der Waals surface area contributed by atoms with Gasteiger partial charge in [-0.05, 0) is 18.6 Å². The second-order valence-electron chi connectivity index (χ2n) is 4.82. The van der Waals surface area contributed by atoms with Gasteiger partial charge >= 0.3 is 0 Å². The number of carbonyl (C=O) groups is 1. The summed E-state index contributed by atoms with van der Waals surface area (Å²) in [5.74, 6) is 0.237. The summed E-state index contributed by atoms with van der Waals surface area (Å²) in [5, 5.41) is 11.3. The predicted octanol–water partition coefficient (Wildman–Crippen LogP) is 0.349. The topological polar surface area (TPSA) is 75.6 Å². The van der Waals surface area contributed by atoms with Gasteiger partial charge in [-0.25, -0.2) is 4.52 Å². The lowest BCUT2D eigenvalue weighted by Crippen LogP contribution is -2.40. The molecule has 102 valence electrons. The number of nitrogens with one attached hydrogen (secondary N) is 1. The zero-order valence-electron chi connectivity index (χ0n) is 11.3. The molecule has 0 bridgehead atoms. The third-order valence-electron chi connectivity index (χ3n) is 2.53. The Labute approximate surface area is 107 Å². The molecule has 6 nitrogen and oxygen atoms in total. The Morgan fingerprint density at radius 2 is 2.28 bits per heavy atom. The highest BCUT2D eigenvalue weighted by Crippen LogP contribution is 2.23. The average Bonchev–Trinajstić information content (AvgIpc) is 2.59. The summed E-state index contributed by atoms with van der Waals surface area (Å²) in [6.45, 7) is 6.21. The molecule has 1 aromatic heterocycles. The highest BCUT2D eigenvalue weighted by Gasteiger charge is 2.33. The van der Waals surface area contributed by atoms with Crippen LogP contribution in [-0.4, -0.2) is 30.8 Å². The molecule has 0 spiro atoms. The number of ether oxygens (including phenoxy) is 1. The normalized spacial score (nSPS) is 11.6. The maximum absolute atomic E-state index is 11.0. The number of anilines is 1. The number of carbonyl (C=O) groups excluding carboxylic acids is 1. The number of nitrogens with zero attached hydrogens (tertiary/aromatic N) is 1. The molecule has 0 radical (unpaired) electrons. The van der Waals surface area contributed by atoms with Crippen molar-refractivity contribution in [2.45, 2.75) is 26.2 Å². The molecule has 1 heterocycles. The van der Waals surface area contributed by atoms with E-state index >= 15 is 0 Å². The molecule has 0 unspecified atom stereocenters. The van der Waals surface area contributed by atoms with Gasteiger partial charge in [0.2, 0.25) is 11.6 Å². The summed E-state index contributed by atoms with van der Waals surface area (Å²) in [4.78, 5) is 11.0. The highest BCUT2D eigenvalue weighted by molar-refractivity contribution is 5.87. The Balaban J connectivity index is 2.80. The quantitative estimate of drug-likeness (QED) is 0.569. The van der Waals surface area contributed by atoms with Crippen molar-refractivity contribution in [1.29, 1.82) is 0 Å². The van der Waals surface area contributed by atoms with Gasteiger partial charge in [0, 0.05) is 6.92 Å². The third-order valence-corrected chi connectivity index (χ3v) is 2.53. The van der Waals surface area contributed by atoms with E-state index in [1.54, 1.807) is 17.9 Å². The first-order chi connectivity index (χ1) is 8.36. The maximum Gasteiger partial charge on any atom is 0.282 e. The van der Waals surface area contributed by atoms with Gasteiger partial charge in [0.05, 0.1) is 31.3 Å². The van der Waals surface area contributed by atoms with Crippen LogP contribution in [0.25, 0.3) is 0 Å². The van der Waals surface area contributed by atoms with Crippen LogP contribution in [0.2, 0.25) is 0 Å². The molecular formula is C12H21N2O4+. The van der Waals surface area contributed by atoms with Crippen molar-refractivity contribution in [2.75, 3.05) is 25.1 Å². The van der Waals surface area contributed by atoms with Gasteiger partial charge in [0.15, 0.2) is 7.05 Å². The van der Waals surface area contributed by atoms with E-state index in [1.165, 1.54) is 6.92 Å². The Morgan fingerprint density at radius 3 is 2.83 bits per heavy atom. The summed E-state index contributed by atoms with van der Waals surface area (Å²) < 4.78 is 12.4. The fraction of sp³-hybridized carbons (Fsp3) is 0.667. The molecule has 0 aliphatic carbocycles. The third kappa shape index (κ3) is 3.82. The molecule has 0 aliphatic heterocycles. The van der Waals surface area contributed by atoms with Crippen molar-refractivity contribution in [3.63, 3.8) is 0 Å². The van der Waals surface area contributed by atoms with Gasteiger partial charge < -0.3 is 9.84 Å². The first-order valence-corrected chi connectivity index (χ1v) is 5.84. The van der Waals surface area contributed by atoms with Crippen LogP contribution in [0.1, 0.15) is 26.5 Å². The molecule has 1 rings (SSSR count). The molecule has 0 fully saturated rings. The second kappa shape index (κ2) is 5.97. The lowest BCUT2D eigenvalue weighted by molar-refractivity contribution is -0.850. The highest BCUT2D eigenvalue weighted by atomic mass is 16.5. The van der Waals surface area contributed by atoms with Gasteiger partial charge in [-0.15, -0.1) is 0 Å². The molecule has 0 saturated carbocycles. The lowest BCUT2D eigenvalue weighted by Gasteiger charge is -2.18. The van der Waals surface area contributed by atoms with Crippen molar-refractivity contribution >= 4 is 11.8 Å². The number of aryl methyl sites for hydroxylation is 1. The van der Waals surface area contributed by atoms with Gasteiger partial charge in [0.1, 0.15) is 0 Å². The summed E-state index contributed by atoms with van der Waals surface area (Å²) in [6, 6.07) is 1.78. The molecule has 18 heavy (non-hydrogen) atoms. The minimum absolute atomic E-state index is 0.00470. The van der Waals surface area contributed by atoms with Crippen molar-refractivity contribution < 1.29 is 23.9 Å². The number of hydrogen-bond donors (Lipinski definition) is 2. The van der Waals surface area contributed by atoms with Crippen molar-refractivity contribution in [3.05, 3.63) is 11.8 Å². The van der Waals surface area contributed by atoms with Crippen LogP contribution in [0.4, 0.5) is 5.88 Å². The predicted molar refractivity (Wildman–Crippen MR) is 65.1 cm³/mol. The Hall–Kier alpha value is -1.40. The Bertz CT molecular complexity index is 412. The fourth-order valence-corrected chi connectivity index (χ4v) is 1.76. The van der Waals surface area contributed by atoms with Crippen molar-refractivity contribution in [2.24, 2.45) is 7.05 Å². The second-order valence-corrected chi connectivity index (χ2v) is 4.82. The maximum atomic E-state index is 11.0. The van der Waals surface area contributed by atoms with Crippen LogP contribution in [0.3, 0.4) is 0 Å². The first-order valence-electron chi connectivity index (χ1n) is 5.84. The van der Waals surface area contributed by atoms with E-state index in [9.17, 15) is 4.79 Å².